The highest BCUT2D eigenvalue weighted by Crippen LogP contribution is 2.37. The highest BCUT2D eigenvalue weighted by Gasteiger charge is 2.43. The first-order chi connectivity index (χ1) is 14.5. The van der Waals surface area contributed by atoms with Gasteiger partial charge in [-0.2, -0.15) is 0 Å². The predicted molar refractivity (Wildman–Crippen MR) is 114 cm³/mol. The smallest absolute Gasteiger partial charge is 0.282 e. The molecule has 2 aliphatic rings. The molecule has 1 fully saturated rings. The summed E-state index contributed by atoms with van der Waals surface area (Å²) in [4.78, 5) is 41.2. The molecule has 0 radical (unpaired) electrons. The van der Waals surface area contributed by atoms with Crippen LogP contribution in [0.25, 0.3) is 5.57 Å². The molecule has 0 unspecified atom stereocenters. The zero-order valence-electron chi connectivity index (χ0n) is 16.4. The molecule has 2 aliphatic heterocycles. The second kappa shape index (κ2) is 8.30. The van der Waals surface area contributed by atoms with Gasteiger partial charge in [-0.1, -0.05) is 35.9 Å². The maximum absolute atomic E-state index is 13.4. The summed E-state index contributed by atoms with van der Waals surface area (Å²) in [5.41, 5.74) is 2.22. The van der Waals surface area contributed by atoms with Crippen molar-refractivity contribution < 1.29 is 19.1 Å². The van der Waals surface area contributed by atoms with E-state index in [0.717, 1.165) is 4.90 Å². The number of carbonyl (C=O) groups excluding carboxylic acids is 3. The first-order valence-electron chi connectivity index (χ1n) is 9.55. The quantitative estimate of drug-likeness (QED) is 0.762. The molecule has 1 saturated heterocycles. The molecular weight excluding hydrogens is 406 g/mol. The van der Waals surface area contributed by atoms with Crippen molar-refractivity contribution >= 4 is 46.3 Å². The predicted octanol–water partition coefficient (Wildman–Crippen LogP) is 2.92. The number of nitrogens with one attached hydrogen (secondary N) is 1. The first-order valence-corrected chi connectivity index (χ1v) is 9.93. The molecule has 3 amide bonds. The first kappa shape index (κ1) is 20.1. The van der Waals surface area contributed by atoms with Crippen molar-refractivity contribution in [3.63, 3.8) is 0 Å². The summed E-state index contributed by atoms with van der Waals surface area (Å²) < 4.78 is 5.41. The molecule has 4 rings (SSSR count). The number of anilines is 2. The minimum Gasteiger partial charge on any atom is -0.378 e. The number of amides is 3. The average molecular weight is 426 g/mol. The molecule has 0 aliphatic carbocycles. The van der Waals surface area contributed by atoms with Gasteiger partial charge in [-0.05, 0) is 29.8 Å². The Kier molecular flexibility index (Phi) is 5.57. The van der Waals surface area contributed by atoms with E-state index in [2.05, 4.69) is 5.32 Å². The number of nitrogens with zero attached hydrogens (tertiary/aromatic N) is 2. The number of imide groups is 1. The molecule has 0 spiro atoms. The molecule has 2 heterocycles. The van der Waals surface area contributed by atoms with Crippen LogP contribution in [-0.2, 0) is 19.1 Å². The third-order valence-corrected chi connectivity index (χ3v) is 5.29. The molecule has 1 N–H and O–H groups in total. The monoisotopic (exact) mass is 425 g/mol. The van der Waals surface area contributed by atoms with Gasteiger partial charge in [0.1, 0.15) is 5.70 Å². The van der Waals surface area contributed by atoms with Crippen molar-refractivity contribution in [2.75, 3.05) is 36.5 Å². The fraction of sp³-hybridized carbons (Fsp3) is 0.227. The van der Waals surface area contributed by atoms with Gasteiger partial charge in [-0.3, -0.25) is 14.4 Å². The van der Waals surface area contributed by atoms with Crippen molar-refractivity contribution in [1.29, 1.82) is 0 Å². The van der Waals surface area contributed by atoms with E-state index < -0.39 is 11.8 Å². The molecule has 2 aromatic carbocycles. The number of rotatable bonds is 4. The summed E-state index contributed by atoms with van der Waals surface area (Å²) in [6.07, 6.45) is 0. The lowest BCUT2D eigenvalue weighted by atomic mass is 10.0. The van der Waals surface area contributed by atoms with Crippen LogP contribution >= 0.6 is 11.6 Å². The Morgan fingerprint density at radius 1 is 1.00 bits per heavy atom. The van der Waals surface area contributed by atoms with Gasteiger partial charge < -0.3 is 15.0 Å². The van der Waals surface area contributed by atoms with Crippen LogP contribution in [0.5, 0.6) is 0 Å². The summed E-state index contributed by atoms with van der Waals surface area (Å²) in [5, 5.41) is 3.02. The Hall–Kier alpha value is -3.16. The standard InChI is InChI=1S/C22H20ClN3O4/c1-14(27)24-16-8-6-15(7-9-16)19-20(25-10-12-30-13-11-25)22(29)26(21(19)28)18-5-3-2-4-17(18)23/h2-9H,10-13H2,1H3,(H,24,27). The number of morpholine rings is 1. The molecule has 8 heteroatoms. The Morgan fingerprint density at radius 2 is 1.67 bits per heavy atom. The Balaban J connectivity index is 1.79. The van der Waals surface area contributed by atoms with Crippen LogP contribution in [0.3, 0.4) is 0 Å². The average Bonchev–Trinajstić information content (AvgIpc) is 2.99. The van der Waals surface area contributed by atoms with Gasteiger partial charge in [0.25, 0.3) is 11.8 Å². The number of para-hydroxylation sites is 1. The van der Waals surface area contributed by atoms with E-state index in [1.54, 1.807) is 48.5 Å². The van der Waals surface area contributed by atoms with Crippen molar-refractivity contribution in [2.45, 2.75) is 6.92 Å². The van der Waals surface area contributed by atoms with Crippen molar-refractivity contribution in [3.8, 4) is 0 Å². The molecule has 2 aromatic rings. The number of hydrogen-bond donors (Lipinski definition) is 1. The van der Waals surface area contributed by atoms with E-state index >= 15 is 0 Å². The maximum Gasteiger partial charge on any atom is 0.282 e. The topological polar surface area (TPSA) is 79.0 Å². The molecular formula is C22H20ClN3O4. The number of hydrogen-bond acceptors (Lipinski definition) is 5. The summed E-state index contributed by atoms with van der Waals surface area (Å²) in [6, 6.07) is 13.6. The maximum atomic E-state index is 13.4. The molecule has 0 atom stereocenters. The van der Waals surface area contributed by atoms with Gasteiger partial charge in [-0.15, -0.1) is 0 Å². The van der Waals surface area contributed by atoms with Gasteiger partial charge in [0.15, 0.2) is 0 Å². The SMILES string of the molecule is CC(=O)Nc1ccc(C2=C(N3CCOCC3)C(=O)N(c3ccccc3Cl)C2=O)cc1. The van der Waals surface area contributed by atoms with Crippen molar-refractivity contribution in [1.82, 2.24) is 4.90 Å². The number of halogens is 1. The minimum atomic E-state index is -0.429. The third-order valence-electron chi connectivity index (χ3n) is 4.97. The number of ether oxygens (including phenoxy) is 1. The normalized spacial score (nSPS) is 17.0. The lowest BCUT2D eigenvalue weighted by Gasteiger charge is -2.29. The Morgan fingerprint density at radius 3 is 2.30 bits per heavy atom. The Labute approximate surface area is 178 Å². The van der Waals surface area contributed by atoms with Gasteiger partial charge in [-0.25, -0.2) is 4.90 Å². The lowest BCUT2D eigenvalue weighted by Crippen LogP contribution is -2.40. The van der Waals surface area contributed by atoms with Crippen LogP contribution in [0.15, 0.2) is 54.2 Å². The van der Waals surface area contributed by atoms with Crippen molar-refractivity contribution in [2.24, 2.45) is 0 Å². The highest BCUT2D eigenvalue weighted by molar-refractivity contribution is 6.47. The van der Waals surface area contributed by atoms with Crippen LogP contribution in [0, 0.1) is 0 Å². The zero-order valence-corrected chi connectivity index (χ0v) is 17.1. The second-order valence-electron chi connectivity index (χ2n) is 6.98. The van der Waals surface area contributed by atoms with Crippen molar-refractivity contribution in [3.05, 3.63) is 64.8 Å². The summed E-state index contributed by atoms with van der Waals surface area (Å²) >= 11 is 6.29. The van der Waals surface area contributed by atoms with E-state index in [1.165, 1.54) is 6.92 Å². The van der Waals surface area contributed by atoms with Crippen LogP contribution in [0.4, 0.5) is 11.4 Å². The molecule has 30 heavy (non-hydrogen) atoms. The van der Waals surface area contributed by atoms with Crippen LogP contribution in [-0.4, -0.2) is 48.9 Å². The minimum absolute atomic E-state index is 0.187. The molecule has 7 nitrogen and oxygen atoms in total. The molecule has 0 saturated carbocycles. The van der Waals surface area contributed by atoms with Gasteiger partial charge in [0, 0.05) is 25.7 Å². The fourth-order valence-electron chi connectivity index (χ4n) is 3.63. The largest absolute Gasteiger partial charge is 0.378 e. The Bertz CT molecular complexity index is 1040. The van der Waals surface area contributed by atoms with Crippen LogP contribution in [0.2, 0.25) is 5.02 Å². The van der Waals surface area contributed by atoms with Gasteiger partial charge in [0.2, 0.25) is 5.91 Å². The van der Waals surface area contributed by atoms with E-state index in [9.17, 15) is 14.4 Å². The molecule has 0 aromatic heterocycles. The van der Waals surface area contributed by atoms with E-state index in [4.69, 9.17) is 16.3 Å². The van der Waals surface area contributed by atoms with Crippen LogP contribution in [0.1, 0.15) is 12.5 Å². The summed E-state index contributed by atoms with van der Waals surface area (Å²) in [7, 11) is 0. The van der Waals surface area contributed by atoms with E-state index in [-0.39, 0.29) is 5.91 Å². The molecule has 0 bridgehead atoms. The molecule has 154 valence electrons. The van der Waals surface area contributed by atoms with Gasteiger partial charge in [0.05, 0.1) is 29.5 Å². The summed E-state index contributed by atoms with van der Waals surface area (Å²) in [6.45, 7) is 3.40. The number of benzene rings is 2. The zero-order chi connectivity index (χ0) is 21.3. The van der Waals surface area contributed by atoms with E-state index in [1.807, 2.05) is 4.90 Å². The lowest BCUT2D eigenvalue weighted by molar-refractivity contribution is -0.121. The third kappa shape index (κ3) is 3.69. The fourth-order valence-corrected chi connectivity index (χ4v) is 3.85. The summed E-state index contributed by atoms with van der Waals surface area (Å²) in [5.74, 6) is -1.02. The van der Waals surface area contributed by atoms with Crippen LogP contribution < -0.4 is 10.2 Å². The second-order valence-corrected chi connectivity index (χ2v) is 7.39. The van der Waals surface area contributed by atoms with E-state index in [0.29, 0.717) is 59.5 Å². The number of carbonyl (C=O) groups is 3. The van der Waals surface area contributed by atoms with Gasteiger partial charge >= 0.3 is 0 Å². The highest BCUT2D eigenvalue weighted by atomic mass is 35.5.